The summed E-state index contributed by atoms with van der Waals surface area (Å²) in [6, 6.07) is 3.74. The molecular weight excluding hydrogens is 238 g/mol. The molecule has 0 aliphatic heterocycles. The summed E-state index contributed by atoms with van der Waals surface area (Å²) >= 11 is 0. The molecule has 18 heavy (non-hydrogen) atoms. The molecule has 0 fully saturated rings. The topological polar surface area (TPSA) is 89.7 Å². The minimum Gasteiger partial charge on any atom is -0.494 e. The lowest BCUT2D eigenvalue weighted by atomic mass is 10.1. The zero-order valence-electron chi connectivity index (χ0n) is 10.3. The number of carbonyl (C=O) groups is 1. The Hall–Kier alpha value is -2.11. The maximum Gasteiger partial charge on any atom is 0.342 e. The van der Waals surface area contributed by atoms with Crippen molar-refractivity contribution in [1.29, 1.82) is 0 Å². The van der Waals surface area contributed by atoms with Crippen molar-refractivity contribution in [2.24, 2.45) is 5.92 Å². The number of rotatable bonds is 6. The predicted molar refractivity (Wildman–Crippen MR) is 65.0 cm³/mol. The van der Waals surface area contributed by atoms with Gasteiger partial charge >= 0.3 is 5.97 Å². The van der Waals surface area contributed by atoms with Crippen LogP contribution in [0, 0.1) is 16.0 Å². The van der Waals surface area contributed by atoms with Crippen molar-refractivity contribution >= 4 is 11.7 Å². The van der Waals surface area contributed by atoms with Crippen LogP contribution in [0.15, 0.2) is 18.2 Å². The van der Waals surface area contributed by atoms with Gasteiger partial charge in [-0.15, -0.1) is 0 Å². The minimum absolute atomic E-state index is 0.332. The minimum atomic E-state index is -1.34. The van der Waals surface area contributed by atoms with Crippen molar-refractivity contribution < 1.29 is 19.6 Å². The van der Waals surface area contributed by atoms with Gasteiger partial charge in [0.25, 0.3) is 5.69 Å². The maximum absolute atomic E-state index is 10.9. The van der Waals surface area contributed by atoms with Gasteiger partial charge < -0.3 is 9.84 Å². The first-order chi connectivity index (χ1) is 8.41. The summed E-state index contributed by atoms with van der Waals surface area (Å²) in [6.45, 7) is 4.54. The van der Waals surface area contributed by atoms with Crippen molar-refractivity contribution in [2.45, 2.75) is 20.3 Å². The zero-order chi connectivity index (χ0) is 13.7. The molecule has 0 unspecified atom stereocenters. The second-order valence-corrected chi connectivity index (χ2v) is 4.27. The van der Waals surface area contributed by atoms with E-state index in [0.717, 1.165) is 12.5 Å². The van der Waals surface area contributed by atoms with Crippen LogP contribution >= 0.6 is 0 Å². The number of carboxylic acids is 1. The van der Waals surface area contributed by atoms with E-state index in [-0.39, 0.29) is 5.56 Å². The lowest BCUT2D eigenvalue weighted by Gasteiger charge is -2.08. The van der Waals surface area contributed by atoms with E-state index in [1.807, 2.05) is 13.8 Å². The largest absolute Gasteiger partial charge is 0.494 e. The number of benzene rings is 1. The second-order valence-electron chi connectivity index (χ2n) is 4.27. The molecule has 0 bridgehead atoms. The van der Waals surface area contributed by atoms with Crippen LogP contribution in [-0.2, 0) is 0 Å². The molecule has 0 radical (unpaired) electrons. The van der Waals surface area contributed by atoms with E-state index < -0.39 is 16.6 Å². The van der Waals surface area contributed by atoms with E-state index in [1.165, 1.54) is 12.1 Å². The van der Waals surface area contributed by atoms with E-state index in [1.54, 1.807) is 0 Å². The number of nitro benzene ring substituents is 1. The molecular formula is C12H15NO5. The first-order valence-corrected chi connectivity index (χ1v) is 5.56. The molecule has 98 valence electrons. The smallest absolute Gasteiger partial charge is 0.342 e. The van der Waals surface area contributed by atoms with Gasteiger partial charge in [-0.05, 0) is 18.4 Å². The fourth-order valence-electron chi connectivity index (χ4n) is 1.35. The number of aromatic carboxylic acids is 1. The van der Waals surface area contributed by atoms with Crippen LogP contribution in [0.1, 0.15) is 30.6 Å². The third-order valence-corrected chi connectivity index (χ3v) is 2.36. The second kappa shape index (κ2) is 6.00. The van der Waals surface area contributed by atoms with Crippen molar-refractivity contribution in [3.05, 3.63) is 33.9 Å². The molecule has 6 heteroatoms. The van der Waals surface area contributed by atoms with Gasteiger partial charge in [0.15, 0.2) is 0 Å². The average Bonchev–Trinajstić information content (AvgIpc) is 2.28. The van der Waals surface area contributed by atoms with E-state index in [2.05, 4.69) is 0 Å². The standard InChI is InChI=1S/C12H15NO5/c1-8(2)5-6-18-9-3-4-11(13(16)17)10(7-9)12(14)15/h3-4,7-8H,5-6H2,1-2H3,(H,14,15). The Kier molecular flexibility index (Phi) is 4.65. The summed E-state index contributed by atoms with van der Waals surface area (Å²) in [4.78, 5) is 20.8. The van der Waals surface area contributed by atoms with Gasteiger partial charge in [0.1, 0.15) is 11.3 Å². The maximum atomic E-state index is 10.9. The van der Waals surface area contributed by atoms with Crippen LogP contribution in [0.5, 0.6) is 5.75 Å². The molecule has 0 saturated heterocycles. The molecule has 0 amide bonds. The van der Waals surface area contributed by atoms with Gasteiger partial charge in [-0.2, -0.15) is 0 Å². The van der Waals surface area contributed by atoms with Crippen LogP contribution in [-0.4, -0.2) is 22.6 Å². The number of nitrogens with zero attached hydrogens (tertiary/aromatic N) is 1. The normalized spacial score (nSPS) is 10.4. The Labute approximate surface area is 104 Å². The Bertz CT molecular complexity index is 456. The molecule has 0 aliphatic carbocycles. The van der Waals surface area contributed by atoms with Gasteiger partial charge in [0, 0.05) is 12.1 Å². The monoisotopic (exact) mass is 253 g/mol. The highest BCUT2D eigenvalue weighted by molar-refractivity contribution is 5.92. The Morgan fingerprint density at radius 1 is 1.50 bits per heavy atom. The van der Waals surface area contributed by atoms with E-state index >= 15 is 0 Å². The van der Waals surface area contributed by atoms with Gasteiger partial charge in [-0.3, -0.25) is 10.1 Å². The first-order valence-electron chi connectivity index (χ1n) is 5.56. The SMILES string of the molecule is CC(C)CCOc1ccc([N+](=O)[O-])c(C(=O)O)c1. The fraction of sp³-hybridized carbons (Fsp3) is 0.417. The summed E-state index contributed by atoms with van der Waals surface area (Å²) in [6.07, 6.45) is 0.833. The molecule has 0 aliphatic rings. The van der Waals surface area contributed by atoms with Crippen LogP contribution < -0.4 is 4.74 Å². The van der Waals surface area contributed by atoms with Crippen molar-refractivity contribution in [3.8, 4) is 5.75 Å². The number of hydrogen-bond donors (Lipinski definition) is 1. The summed E-state index contributed by atoms with van der Waals surface area (Å²) in [5, 5.41) is 19.5. The van der Waals surface area contributed by atoms with Crippen LogP contribution in [0.2, 0.25) is 0 Å². The first kappa shape index (κ1) is 14.0. The quantitative estimate of drug-likeness (QED) is 0.621. The molecule has 0 saturated carbocycles. The lowest BCUT2D eigenvalue weighted by Crippen LogP contribution is -2.05. The van der Waals surface area contributed by atoms with Gasteiger partial charge in [-0.1, -0.05) is 13.8 Å². The Balaban J connectivity index is 2.87. The van der Waals surface area contributed by atoms with Gasteiger partial charge in [0.2, 0.25) is 0 Å². The van der Waals surface area contributed by atoms with E-state index in [9.17, 15) is 14.9 Å². The molecule has 1 N–H and O–H groups in total. The number of ether oxygens (including phenoxy) is 1. The highest BCUT2D eigenvalue weighted by Gasteiger charge is 2.20. The average molecular weight is 253 g/mol. The van der Waals surface area contributed by atoms with Crippen LogP contribution in [0.4, 0.5) is 5.69 Å². The molecule has 1 aromatic rings. The molecule has 1 rings (SSSR count). The highest BCUT2D eigenvalue weighted by Crippen LogP contribution is 2.24. The summed E-state index contributed by atoms with van der Waals surface area (Å²) in [7, 11) is 0. The van der Waals surface area contributed by atoms with E-state index in [0.29, 0.717) is 18.3 Å². The Morgan fingerprint density at radius 3 is 2.67 bits per heavy atom. The number of nitro groups is 1. The molecule has 0 aromatic heterocycles. The fourth-order valence-corrected chi connectivity index (χ4v) is 1.35. The Morgan fingerprint density at radius 2 is 2.17 bits per heavy atom. The number of hydrogen-bond acceptors (Lipinski definition) is 4. The van der Waals surface area contributed by atoms with Gasteiger partial charge in [0.05, 0.1) is 11.5 Å². The van der Waals surface area contributed by atoms with Gasteiger partial charge in [-0.25, -0.2) is 4.79 Å². The molecule has 1 aromatic carbocycles. The zero-order valence-corrected chi connectivity index (χ0v) is 10.3. The lowest BCUT2D eigenvalue weighted by molar-refractivity contribution is -0.385. The molecule has 6 nitrogen and oxygen atoms in total. The van der Waals surface area contributed by atoms with E-state index in [4.69, 9.17) is 9.84 Å². The van der Waals surface area contributed by atoms with Crippen LogP contribution in [0.3, 0.4) is 0 Å². The third-order valence-electron chi connectivity index (χ3n) is 2.36. The summed E-state index contributed by atoms with van der Waals surface area (Å²) in [5.74, 6) is -0.531. The summed E-state index contributed by atoms with van der Waals surface area (Å²) in [5.41, 5.74) is -0.791. The van der Waals surface area contributed by atoms with Crippen molar-refractivity contribution in [2.75, 3.05) is 6.61 Å². The highest BCUT2D eigenvalue weighted by atomic mass is 16.6. The molecule has 0 heterocycles. The summed E-state index contributed by atoms with van der Waals surface area (Å²) < 4.78 is 5.36. The number of carboxylic acid groups (broad SMARTS) is 1. The predicted octanol–water partition coefficient (Wildman–Crippen LogP) is 2.72. The third kappa shape index (κ3) is 3.73. The van der Waals surface area contributed by atoms with Crippen LogP contribution in [0.25, 0.3) is 0 Å². The molecule has 0 spiro atoms. The van der Waals surface area contributed by atoms with Crippen molar-refractivity contribution in [3.63, 3.8) is 0 Å². The molecule has 0 atom stereocenters. The van der Waals surface area contributed by atoms with Crippen molar-refractivity contribution in [1.82, 2.24) is 0 Å².